The minimum atomic E-state index is -0.953. The molecule has 0 unspecified atom stereocenters. The molecule has 2 N–H and O–H groups in total. The van der Waals surface area contributed by atoms with E-state index in [0.29, 0.717) is 6.54 Å². The van der Waals surface area contributed by atoms with Crippen LogP contribution < -0.4 is 24.8 Å². The first-order chi connectivity index (χ1) is 28.9. The molecule has 0 spiro atoms. The average molecular weight is 785 g/mol. The predicted octanol–water partition coefficient (Wildman–Crippen LogP) is 13.4. The summed E-state index contributed by atoms with van der Waals surface area (Å²) < 4.78 is 18.8. The molecule has 0 radical (unpaired) electrons. The molecule has 1 aliphatic heterocycles. The highest BCUT2D eigenvalue weighted by atomic mass is 16.5. The Morgan fingerprint density at radius 1 is 0.678 bits per heavy atom. The van der Waals surface area contributed by atoms with Crippen LogP contribution in [-0.4, -0.2) is 26.8 Å². The lowest BCUT2D eigenvalue weighted by molar-refractivity contribution is 0.163. The van der Waals surface area contributed by atoms with Crippen LogP contribution in [0.3, 0.4) is 0 Å². The van der Waals surface area contributed by atoms with Crippen molar-refractivity contribution in [3.63, 3.8) is 0 Å². The van der Waals surface area contributed by atoms with E-state index in [0.717, 1.165) is 95.3 Å². The largest absolute Gasteiger partial charge is 0.497 e. The molecule has 2 amide bonds. The zero-order valence-corrected chi connectivity index (χ0v) is 35.1. The first-order valence-electron chi connectivity index (χ1n) is 21.5. The van der Waals surface area contributed by atoms with Crippen molar-refractivity contribution in [3.8, 4) is 39.5 Å². The first kappa shape index (κ1) is 39.8. The summed E-state index contributed by atoms with van der Waals surface area (Å²) in [6, 6.07) is 40.2. The summed E-state index contributed by atoms with van der Waals surface area (Å²) in [5.74, 6) is 2.40. The minimum Gasteiger partial charge on any atom is -0.497 e. The molecule has 0 saturated carbocycles. The second-order valence-electron chi connectivity index (χ2n) is 16.0. The van der Waals surface area contributed by atoms with E-state index in [1.807, 2.05) is 30.3 Å². The second-order valence-corrected chi connectivity index (χ2v) is 16.0. The van der Waals surface area contributed by atoms with E-state index >= 15 is 0 Å². The van der Waals surface area contributed by atoms with E-state index in [4.69, 9.17) is 14.2 Å². The van der Waals surface area contributed by atoms with Gasteiger partial charge in [-0.15, -0.1) is 0 Å². The molecular formula is C53H56N2O4. The Labute approximate surface area is 349 Å². The van der Waals surface area contributed by atoms with Gasteiger partial charge in [-0.25, -0.2) is 4.79 Å². The molecule has 302 valence electrons. The summed E-state index contributed by atoms with van der Waals surface area (Å²) in [5.41, 5.74) is 10.2. The van der Waals surface area contributed by atoms with E-state index in [2.05, 4.69) is 128 Å². The molecule has 0 atom stereocenters. The molecule has 1 aliphatic carbocycles. The maximum Gasteiger partial charge on any atom is 0.319 e. The summed E-state index contributed by atoms with van der Waals surface area (Å²) >= 11 is 0. The number of urea groups is 1. The maximum absolute atomic E-state index is 13.3. The monoisotopic (exact) mass is 784 g/mol. The number of carbonyl (C=O) groups is 1. The molecule has 6 aromatic carbocycles. The van der Waals surface area contributed by atoms with Gasteiger partial charge in [-0.2, -0.15) is 0 Å². The van der Waals surface area contributed by atoms with Crippen LogP contribution in [0.5, 0.6) is 17.2 Å². The van der Waals surface area contributed by atoms with Gasteiger partial charge in [-0.05, 0) is 113 Å². The van der Waals surface area contributed by atoms with Crippen LogP contribution in [0.25, 0.3) is 39.1 Å². The maximum atomic E-state index is 13.3. The van der Waals surface area contributed by atoms with Crippen LogP contribution in [0.4, 0.5) is 10.5 Å². The summed E-state index contributed by atoms with van der Waals surface area (Å²) in [6.07, 6.45) is 13.0. The van der Waals surface area contributed by atoms with Crippen LogP contribution in [0, 0.1) is 0 Å². The lowest BCUT2D eigenvalue weighted by Crippen LogP contribution is -2.35. The molecule has 2 aliphatic rings. The summed E-state index contributed by atoms with van der Waals surface area (Å²) in [6.45, 7) is 7.45. The Morgan fingerprint density at radius 2 is 1.36 bits per heavy atom. The van der Waals surface area contributed by atoms with Crippen molar-refractivity contribution < 1.29 is 19.0 Å². The van der Waals surface area contributed by atoms with E-state index in [1.54, 1.807) is 14.2 Å². The molecule has 6 nitrogen and oxygen atoms in total. The van der Waals surface area contributed by atoms with Gasteiger partial charge in [0.2, 0.25) is 0 Å². The summed E-state index contributed by atoms with van der Waals surface area (Å²) in [7, 11) is 3.38. The lowest BCUT2D eigenvalue weighted by Gasteiger charge is -2.40. The molecule has 6 aromatic rings. The Bertz CT molecular complexity index is 2420. The number of ether oxygens (including phenoxy) is 3. The first-order valence-corrected chi connectivity index (χ1v) is 21.5. The van der Waals surface area contributed by atoms with E-state index in [-0.39, 0.29) is 11.4 Å². The van der Waals surface area contributed by atoms with Crippen molar-refractivity contribution in [1.29, 1.82) is 0 Å². The van der Waals surface area contributed by atoms with Gasteiger partial charge in [0.25, 0.3) is 0 Å². The van der Waals surface area contributed by atoms with Gasteiger partial charge >= 0.3 is 6.03 Å². The average Bonchev–Trinajstić information content (AvgIpc) is 3.55. The fourth-order valence-electron chi connectivity index (χ4n) is 9.68. The van der Waals surface area contributed by atoms with E-state index in [1.165, 1.54) is 39.8 Å². The lowest BCUT2D eigenvalue weighted by atomic mass is 9.69. The molecular weight excluding hydrogens is 729 g/mol. The Balaban J connectivity index is 1.37. The number of hydrogen-bond donors (Lipinski definition) is 2. The van der Waals surface area contributed by atoms with Crippen LogP contribution in [-0.2, 0) is 11.0 Å². The van der Waals surface area contributed by atoms with Crippen molar-refractivity contribution in [1.82, 2.24) is 5.32 Å². The van der Waals surface area contributed by atoms with Crippen LogP contribution in [0.2, 0.25) is 0 Å². The zero-order valence-electron chi connectivity index (χ0n) is 35.1. The number of fused-ring (bicyclic) bond motifs is 8. The fourth-order valence-corrected chi connectivity index (χ4v) is 9.68. The molecule has 6 heteroatoms. The topological polar surface area (TPSA) is 68.8 Å². The molecule has 0 aromatic heterocycles. The Hall–Kier alpha value is -6.01. The van der Waals surface area contributed by atoms with Crippen molar-refractivity contribution >= 4 is 28.6 Å². The van der Waals surface area contributed by atoms with Gasteiger partial charge in [0.1, 0.15) is 17.2 Å². The zero-order chi connectivity index (χ0) is 41.0. The Kier molecular flexibility index (Phi) is 11.5. The number of carbonyl (C=O) groups excluding carboxylic acids is 1. The smallest absolute Gasteiger partial charge is 0.319 e. The van der Waals surface area contributed by atoms with Crippen molar-refractivity contribution in [3.05, 3.63) is 149 Å². The highest BCUT2D eigenvalue weighted by Gasteiger charge is 2.48. The van der Waals surface area contributed by atoms with E-state index in [9.17, 15) is 4.79 Å². The van der Waals surface area contributed by atoms with Crippen molar-refractivity contribution in [2.75, 3.05) is 26.1 Å². The summed E-state index contributed by atoms with van der Waals surface area (Å²) in [4.78, 5) is 13.3. The van der Waals surface area contributed by atoms with Gasteiger partial charge in [0.05, 0.1) is 14.2 Å². The minimum absolute atomic E-state index is 0.188. The number of anilines is 1. The number of hydrogen-bond acceptors (Lipinski definition) is 4. The van der Waals surface area contributed by atoms with Crippen molar-refractivity contribution in [2.24, 2.45) is 0 Å². The van der Waals surface area contributed by atoms with Gasteiger partial charge in [-0.1, -0.05) is 126 Å². The highest BCUT2D eigenvalue weighted by Crippen LogP contribution is 2.61. The SMILES string of the molecule is CCCCCCNC(=O)Nc1ccc2c3c(c4c(c2c1)-c1ccc(-c2ccccc2)cc1C4(CCC)CCC)C=CC(c1ccc(OC)cc1)(c1ccc(OC)cc1)O3. The number of rotatable bonds is 15. The van der Waals surface area contributed by atoms with Crippen molar-refractivity contribution in [2.45, 2.75) is 83.2 Å². The van der Waals surface area contributed by atoms with Gasteiger partial charge in [0, 0.05) is 39.7 Å². The van der Waals surface area contributed by atoms with Crippen LogP contribution in [0.15, 0.2) is 121 Å². The normalized spacial score (nSPS) is 14.2. The molecule has 8 rings (SSSR count). The van der Waals surface area contributed by atoms with Gasteiger partial charge in [0.15, 0.2) is 5.60 Å². The molecule has 0 fully saturated rings. The number of unbranched alkanes of at least 4 members (excludes halogenated alkanes) is 3. The second kappa shape index (κ2) is 17.1. The van der Waals surface area contributed by atoms with Gasteiger partial charge < -0.3 is 24.8 Å². The summed E-state index contributed by atoms with van der Waals surface area (Å²) in [5, 5.41) is 8.34. The fraction of sp³-hybridized carbons (Fsp3) is 0.302. The van der Waals surface area contributed by atoms with Crippen LogP contribution >= 0.6 is 0 Å². The molecule has 0 saturated heterocycles. The quantitative estimate of drug-likeness (QED) is 0.102. The van der Waals surface area contributed by atoms with Crippen LogP contribution in [0.1, 0.15) is 100.0 Å². The highest BCUT2D eigenvalue weighted by molar-refractivity contribution is 6.10. The molecule has 1 heterocycles. The molecule has 0 bridgehead atoms. The number of benzene rings is 6. The third-order valence-corrected chi connectivity index (χ3v) is 12.4. The standard InChI is InChI=1S/C53H56N2O4/c1-6-9-10-14-33-54-51(56)55-40-22-28-43-46(35-40)48-44-27-17-37(36-15-12-11-13-16-36)34-47(44)52(30-7-2,31-8-3)49(48)45-29-32-53(59-50(43)45,38-18-23-41(57-4)24-19-38)39-20-25-42(58-5)26-21-39/h11-13,15-29,32,34-35H,6-10,14,30-31,33H2,1-5H3,(H2,54,55,56). The Morgan fingerprint density at radius 3 is 1.98 bits per heavy atom. The third-order valence-electron chi connectivity index (χ3n) is 12.4. The molecule has 59 heavy (non-hydrogen) atoms. The number of methoxy groups -OCH3 is 2. The predicted molar refractivity (Wildman–Crippen MR) is 243 cm³/mol. The third kappa shape index (κ3) is 7.24. The number of amides is 2. The van der Waals surface area contributed by atoms with E-state index < -0.39 is 5.60 Å². The number of nitrogens with one attached hydrogen (secondary N) is 2. The van der Waals surface area contributed by atoms with Gasteiger partial charge in [-0.3, -0.25) is 0 Å².